The van der Waals surface area contributed by atoms with E-state index in [-0.39, 0.29) is 35.5 Å². The first-order valence-electron chi connectivity index (χ1n) is 26.2. The number of alkyl carbamates (subject to hydrolysis) is 1. The minimum absolute atomic E-state index is 0.0648. The van der Waals surface area contributed by atoms with E-state index in [4.69, 9.17) is 122 Å². The van der Waals surface area contributed by atoms with Crippen LogP contribution in [0.25, 0.3) is 0 Å². The first-order chi connectivity index (χ1) is 39.2. The van der Waals surface area contributed by atoms with Gasteiger partial charge in [0, 0.05) is 25.2 Å². The minimum atomic E-state index is -2.69. The lowest BCUT2D eigenvalue weighted by Gasteiger charge is -2.67. The standard InChI is InChI=1S/C57H63Cl6NO20/c1-30-36(79-47(69)41(66)40(33-15-11-9-12-16-33)64-48(70)84-51(3,4)26-75-25-32-19-21-35(74-8)22-20-32)24-55(73)45(82-46(68)34-17-13-10-14-18-34)43-53(7,44(67)42(39(30)52(55,5)6)81-50(72)78-29-57(61,62)63)37(80-49(71)77-28-56(58,59)60)23-38-54(43,27-76-38)83-31(2)65/h9-22,36-38,40-43,45,66,73H,23-29H2,1-8H3,(H,64,70)/t36-,37-,38+,40-,41+,42+,43-,45-,53+,54-,55?/m0/s1. The van der Waals surface area contributed by atoms with Crippen molar-refractivity contribution >= 4 is 112 Å². The average Bonchev–Trinajstić information content (AvgIpc) is 0.679. The quantitative estimate of drug-likeness (QED) is 0.0463. The molecule has 3 fully saturated rings. The summed E-state index contributed by atoms with van der Waals surface area (Å²) in [6.07, 6.45) is -16.9. The Balaban J connectivity index is 1.34. The van der Waals surface area contributed by atoms with Crippen molar-refractivity contribution in [3.8, 4) is 5.75 Å². The summed E-state index contributed by atoms with van der Waals surface area (Å²) in [5, 5.41) is 28.9. The Morgan fingerprint density at radius 2 is 1.38 bits per heavy atom. The summed E-state index contributed by atoms with van der Waals surface area (Å²) in [4.78, 5) is 101. The van der Waals surface area contributed by atoms with Crippen LogP contribution >= 0.6 is 69.6 Å². The number of fused-ring (bicyclic) bond motifs is 5. The predicted octanol–water partition coefficient (Wildman–Crippen LogP) is 9.53. The number of amides is 1. The Hall–Kier alpha value is -5.33. The highest BCUT2D eigenvalue weighted by molar-refractivity contribution is 6.68. The molecule has 458 valence electrons. The number of alkyl halides is 6. The Morgan fingerprint density at radius 3 is 1.93 bits per heavy atom. The maximum Gasteiger partial charge on any atom is 0.509 e. The van der Waals surface area contributed by atoms with Gasteiger partial charge < -0.3 is 67.6 Å². The van der Waals surface area contributed by atoms with Crippen LogP contribution in [0.1, 0.15) is 88.8 Å². The van der Waals surface area contributed by atoms with Crippen molar-refractivity contribution in [1.82, 2.24) is 5.32 Å². The zero-order valence-corrected chi connectivity index (χ0v) is 51.2. The van der Waals surface area contributed by atoms with Gasteiger partial charge in [0.05, 0.1) is 49.9 Å². The van der Waals surface area contributed by atoms with Gasteiger partial charge in [-0.3, -0.25) is 9.59 Å². The number of halogens is 6. The van der Waals surface area contributed by atoms with Gasteiger partial charge in [-0.25, -0.2) is 24.0 Å². The van der Waals surface area contributed by atoms with Crippen molar-refractivity contribution in [1.29, 1.82) is 0 Å². The van der Waals surface area contributed by atoms with Crippen LogP contribution in [0, 0.1) is 16.7 Å². The van der Waals surface area contributed by atoms with Gasteiger partial charge in [0.1, 0.15) is 54.6 Å². The number of methoxy groups -OCH3 is 1. The Labute approximate surface area is 513 Å². The normalized spacial score (nSPS) is 27.0. The van der Waals surface area contributed by atoms with Crippen LogP contribution in [0.5, 0.6) is 5.75 Å². The summed E-state index contributed by atoms with van der Waals surface area (Å²) < 4.78 is 59.6. The monoisotopic (exact) mass is 1290 g/mol. The third-order valence-electron chi connectivity index (χ3n) is 15.5. The highest BCUT2D eigenvalue weighted by Crippen LogP contribution is 2.65. The lowest BCUT2D eigenvalue weighted by atomic mass is 9.44. The lowest BCUT2D eigenvalue weighted by Crippen LogP contribution is -2.82. The van der Waals surface area contributed by atoms with E-state index < -0.39 is 159 Å². The molecule has 2 bridgehead atoms. The van der Waals surface area contributed by atoms with Gasteiger partial charge >= 0.3 is 36.3 Å². The predicted molar refractivity (Wildman–Crippen MR) is 302 cm³/mol. The molecule has 3 aromatic carbocycles. The molecule has 3 aliphatic carbocycles. The number of nitrogens with one attached hydrogen (secondary N) is 1. The number of aliphatic hydroxyl groups excluding tert-OH is 1. The molecule has 0 aromatic heterocycles. The minimum Gasteiger partial charge on any atom is -0.497 e. The van der Waals surface area contributed by atoms with Crippen molar-refractivity contribution in [2.24, 2.45) is 16.7 Å². The molecule has 0 radical (unpaired) electrons. The van der Waals surface area contributed by atoms with E-state index in [0.29, 0.717) is 5.75 Å². The second-order valence-corrected chi connectivity index (χ2v) is 27.1. The zero-order chi connectivity index (χ0) is 62.0. The second kappa shape index (κ2) is 25.9. The van der Waals surface area contributed by atoms with Gasteiger partial charge in [0.25, 0.3) is 0 Å². The number of Topliss-reactive ketones (excluding diaryl/α,β-unsaturated/α-hetero) is 1. The fraction of sp³-hybridized carbons (Fsp3) is 0.526. The van der Waals surface area contributed by atoms with Crippen molar-refractivity contribution in [2.75, 3.05) is 33.5 Å². The van der Waals surface area contributed by atoms with Gasteiger partial charge in [-0.15, -0.1) is 0 Å². The van der Waals surface area contributed by atoms with E-state index in [1.165, 1.54) is 64.1 Å². The summed E-state index contributed by atoms with van der Waals surface area (Å²) in [6.45, 7) is 7.48. The molecule has 2 saturated carbocycles. The molecule has 1 aliphatic heterocycles. The lowest BCUT2D eigenvalue weighted by molar-refractivity contribution is -0.346. The van der Waals surface area contributed by atoms with Crippen LogP contribution < -0.4 is 10.1 Å². The second-order valence-electron chi connectivity index (χ2n) is 22.1. The van der Waals surface area contributed by atoms with Crippen LogP contribution in [0.15, 0.2) is 96.1 Å². The first-order valence-corrected chi connectivity index (χ1v) is 28.4. The molecular formula is C57H63Cl6NO20. The first kappa shape index (κ1) is 66.2. The Bertz CT molecular complexity index is 2960. The summed E-state index contributed by atoms with van der Waals surface area (Å²) in [6, 6.07) is 20.9. The SMILES string of the molecule is COc1ccc(COCC(C)(C)OC(=O)N[C@@H](c2ccccc2)[C@@H](O)C(=O)O[C@H]2CC3(O)[C@@H](OC(=O)c4ccccc4)[C@@H]4[C@]5(OC(C)=O)CO[C@@H]5C[C@H](OC(=O)OCC(Cl)(Cl)Cl)[C@@]4(C)C(=O)[C@H](OC(=O)OCC(Cl)(Cl)Cl)C(=C2C)C3(C)C)cc1. The molecule has 1 heterocycles. The van der Waals surface area contributed by atoms with Crippen LogP contribution in [-0.4, -0.2) is 147 Å². The summed E-state index contributed by atoms with van der Waals surface area (Å²) in [5.41, 5.74) is -9.84. The molecule has 11 atom stereocenters. The molecule has 4 aliphatic rings. The number of ether oxygens (including phenoxy) is 11. The van der Waals surface area contributed by atoms with Crippen LogP contribution in [-0.2, 0) is 68.4 Å². The van der Waals surface area contributed by atoms with Gasteiger partial charge in [0.2, 0.25) is 7.59 Å². The highest BCUT2D eigenvalue weighted by atomic mass is 35.6. The number of aliphatic hydroxyl groups is 2. The Kier molecular flexibility index (Phi) is 20.4. The summed E-state index contributed by atoms with van der Waals surface area (Å²) in [5.74, 6) is -5.82. The molecule has 1 saturated heterocycles. The molecular weight excluding hydrogens is 1230 g/mol. The number of hydrogen-bond donors (Lipinski definition) is 3. The van der Waals surface area contributed by atoms with E-state index in [1.807, 2.05) is 12.1 Å². The van der Waals surface area contributed by atoms with Crippen molar-refractivity contribution < 1.29 is 95.9 Å². The molecule has 27 heteroatoms. The fourth-order valence-corrected chi connectivity index (χ4v) is 11.8. The van der Waals surface area contributed by atoms with Crippen molar-refractivity contribution in [2.45, 2.75) is 135 Å². The molecule has 7 rings (SSSR count). The van der Waals surface area contributed by atoms with Gasteiger partial charge in [0.15, 0.2) is 23.6 Å². The average molecular weight is 1290 g/mol. The van der Waals surface area contributed by atoms with Gasteiger partial charge in [-0.2, -0.15) is 0 Å². The van der Waals surface area contributed by atoms with E-state index in [9.17, 15) is 39.0 Å². The Morgan fingerprint density at radius 1 is 0.798 bits per heavy atom. The molecule has 84 heavy (non-hydrogen) atoms. The van der Waals surface area contributed by atoms with Crippen molar-refractivity contribution in [3.63, 3.8) is 0 Å². The van der Waals surface area contributed by atoms with Gasteiger partial charge in [-0.05, 0) is 74.2 Å². The molecule has 3 N–H and O–H groups in total. The third kappa shape index (κ3) is 14.6. The number of hydrogen-bond acceptors (Lipinski definition) is 20. The number of ketones is 1. The van der Waals surface area contributed by atoms with E-state index in [2.05, 4.69) is 5.32 Å². The van der Waals surface area contributed by atoms with Crippen molar-refractivity contribution in [3.05, 3.63) is 113 Å². The summed E-state index contributed by atoms with van der Waals surface area (Å²) >= 11 is 35.6. The largest absolute Gasteiger partial charge is 0.509 e. The molecule has 3 aromatic rings. The fourth-order valence-electron chi connectivity index (χ4n) is 11.5. The number of benzene rings is 3. The molecule has 1 amide bonds. The third-order valence-corrected chi connectivity index (χ3v) is 16.2. The summed E-state index contributed by atoms with van der Waals surface area (Å²) in [7, 11) is 1.54. The van der Waals surface area contributed by atoms with E-state index >= 15 is 4.79 Å². The van der Waals surface area contributed by atoms with Crippen LogP contribution in [0.2, 0.25) is 0 Å². The smallest absolute Gasteiger partial charge is 0.497 e. The maximum atomic E-state index is 16.4. The number of carbonyl (C=O) groups is 7. The molecule has 1 unspecified atom stereocenters. The number of esters is 3. The highest BCUT2D eigenvalue weighted by Gasteiger charge is 2.79. The van der Waals surface area contributed by atoms with Gasteiger partial charge in [-0.1, -0.05) is 144 Å². The topological polar surface area (TPSA) is 274 Å². The van der Waals surface area contributed by atoms with E-state index in [0.717, 1.165) is 12.5 Å². The maximum absolute atomic E-state index is 16.4. The molecule has 21 nitrogen and oxygen atoms in total. The zero-order valence-electron chi connectivity index (χ0n) is 46.7. The van der Waals surface area contributed by atoms with Crippen LogP contribution in [0.3, 0.4) is 0 Å². The van der Waals surface area contributed by atoms with E-state index in [1.54, 1.807) is 57.4 Å². The molecule has 0 spiro atoms. The van der Waals surface area contributed by atoms with Crippen LogP contribution in [0.4, 0.5) is 14.4 Å². The number of rotatable bonds is 18. The number of carbonyl (C=O) groups excluding carboxylic acids is 7.